The van der Waals surface area contributed by atoms with Crippen LogP contribution in [0.4, 0.5) is 15.9 Å². The lowest BCUT2D eigenvalue weighted by Crippen LogP contribution is -2.53. The number of aryl methyl sites for hydroxylation is 1. The molecular weight excluding hydrogens is 687 g/mol. The number of benzene rings is 1. The molecule has 5 heterocycles. The number of methoxy groups -OCH3 is 2. The Labute approximate surface area is 298 Å². The molecule has 274 valence electrons. The predicted molar refractivity (Wildman–Crippen MR) is 189 cm³/mol. The number of nitrogens with zero attached hydrogens (tertiary/aromatic N) is 6. The van der Waals surface area contributed by atoms with Crippen LogP contribution in [-0.4, -0.2) is 99.8 Å². The zero-order valence-corrected chi connectivity index (χ0v) is 29.7. The SMILES string of the molecule is CCOCCN1CCN(c2cc(NC(=O)Cn3cc(-c4cc(C(N)O)c(O)c(OC)c4OC)c4c(=O)n5c(nc43)CCC5)c(Cl)c(F)n2)[C@@H](C)C1. The van der Waals surface area contributed by atoms with Crippen molar-refractivity contribution in [1.82, 2.24) is 24.0 Å². The minimum Gasteiger partial charge on any atom is -0.504 e. The van der Waals surface area contributed by atoms with Crippen molar-refractivity contribution in [2.75, 3.05) is 63.8 Å². The number of amides is 1. The molecule has 3 aromatic heterocycles. The van der Waals surface area contributed by atoms with E-state index in [2.05, 4.69) is 15.2 Å². The Morgan fingerprint density at radius 1 is 1.18 bits per heavy atom. The van der Waals surface area contributed by atoms with Gasteiger partial charge in [-0.15, -0.1) is 0 Å². The van der Waals surface area contributed by atoms with Gasteiger partial charge in [-0.2, -0.15) is 4.39 Å². The van der Waals surface area contributed by atoms with Gasteiger partial charge >= 0.3 is 0 Å². The van der Waals surface area contributed by atoms with Crippen molar-refractivity contribution in [2.24, 2.45) is 5.73 Å². The van der Waals surface area contributed by atoms with E-state index in [1.165, 1.54) is 24.9 Å². The summed E-state index contributed by atoms with van der Waals surface area (Å²) < 4.78 is 34.7. The van der Waals surface area contributed by atoms with Gasteiger partial charge < -0.3 is 44.9 Å². The number of aromatic nitrogens is 4. The maximum Gasteiger partial charge on any atom is 0.263 e. The van der Waals surface area contributed by atoms with Crippen molar-refractivity contribution >= 4 is 40.0 Å². The summed E-state index contributed by atoms with van der Waals surface area (Å²) in [5, 5.41) is 23.6. The highest BCUT2D eigenvalue weighted by molar-refractivity contribution is 6.33. The van der Waals surface area contributed by atoms with Crippen LogP contribution >= 0.6 is 11.6 Å². The maximum atomic E-state index is 15.1. The van der Waals surface area contributed by atoms with Crippen molar-refractivity contribution in [3.63, 3.8) is 0 Å². The Balaban J connectivity index is 1.35. The molecule has 51 heavy (non-hydrogen) atoms. The monoisotopic (exact) mass is 728 g/mol. The summed E-state index contributed by atoms with van der Waals surface area (Å²) in [6.45, 7) is 8.24. The average Bonchev–Trinajstić information content (AvgIpc) is 3.72. The number of aliphatic hydroxyl groups excluding tert-OH is 1. The van der Waals surface area contributed by atoms with Gasteiger partial charge in [-0.05, 0) is 26.3 Å². The number of rotatable bonds is 12. The van der Waals surface area contributed by atoms with Gasteiger partial charge in [0.25, 0.3) is 5.56 Å². The number of pyridine rings is 1. The molecule has 5 N–H and O–H groups in total. The molecule has 0 radical (unpaired) electrons. The summed E-state index contributed by atoms with van der Waals surface area (Å²) in [6, 6.07) is 2.96. The fourth-order valence-corrected chi connectivity index (χ4v) is 7.05. The summed E-state index contributed by atoms with van der Waals surface area (Å²) in [5.74, 6) is -1.03. The quantitative estimate of drug-likeness (QED) is 0.0953. The van der Waals surface area contributed by atoms with Crippen LogP contribution in [0.2, 0.25) is 5.02 Å². The normalized spacial score (nSPS) is 16.8. The Hall–Kier alpha value is -4.48. The number of carbonyl (C=O) groups is 1. The first-order valence-corrected chi connectivity index (χ1v) is 17.1. The van der Waals surface area contributed by atoms with Crippen LogP contribution in [0.3, 0.4) is 0 Å². The fraction of sp³-hybridized carbons (Fsp3) is 0.471. The molecule has 1 amide bonds. The highest BCUT2D eigenvalue weighted by Gasteiger charge is 2.30. The first kappa shape index (κ1) is 36.3. The topological polar surface area (TPSA) is 182 Å². The van der Waals surface area contributed by atoms with Crippen LogP contribution in [-0.2, 0) is 29.0 Å². The molecule has 2 aliphatic rings. The lowest BCUT2D eigenvalue weighted by Gasteiger charge is -2.40. The number of piperazine rings is 1. The Kier molecular flexibility index (Phi) is 10.7. The smallest absolute Gasteiger partial charge is 0.263 e. The van der Waals surface area contributed by atoms with E-state index in [9.17, 15) is 19.8 Å². The number of fused-ring (bicyclic) bond motifs is 2. The van der Waals surface area contributed by atoms with Gasteiger partial charge in [0.15, 0.2) is 11.5 Å². The zero-order chi connectivity index (χ0) is 36.6. The average molecular weight is 729 g/mol. The number of hydrogen-bond acceptors (Lipinski definition) is 12. The number of halogens is 2. The Morgan fingerprint density at radius 3 is 2.63 bits per heavy atom. The lowest BCUT2D eigenvalue weighted by atomic mass is 9.99. The number of ether oxygens (including phenoxy) is 3. The fourth-order valence-electron chi connectivity index (χ4n) is 6.90. The summed E-state index contributed by atoms with van der Waals surface area (Å²) in [7, 11) is 2.68. The lowest BCUT2D eigenvalue weighted by molar-refractivity contribution is -0.116. The second-order valence-electron chi connectivity index (χ2n) is 12.6. The molecule has 2 atom stereocenters. The Bertz CT molecular complexity index is 2020. The molecule has 2 aliphatic heterocycles. The molecular formula is C34H42ClFN8O7. The van der Waals surface area contributed by atoms with Crippen molar-refractivity contribution in [3.05, 3.63) is 51.0 Å². The van der Waals surface area contributed by atoms with E-state index < -0.39 is 23.8 Å². The second kappa shape index (κ2) is 15.0. The molecule has 4 aromatic rings. The molecule has 0 aliphatic carbocycles. The van der Waals surface area contributed by atoms with Gasteiger partial charge in [-0.1, -0.05) is 11.6 Å². The van der Waals surface area contributed by atoms with Gasteiger partial charge in [0.2, 0.25) is 17.6 Å². The highest BCUT2D eigenvalue weighted by Crippen LogP contribution is 2.48. The predicted octanol–water partition coefficient (Wildman–Crippen LogP) is 2.86. The van der Waals surface area contributed by atoms with Crippen molar-refractivity contribution in [1.29, 1.82) is 0 Å². The molecule has 6 rings (SSSR count). The number of nitrogens with one attached hydrogen (secondary N) is 1. The molecule has 0 bridgehead atoms. The standard InChI is InChI=1S/C34H42ClFN8O7/c1-5-51-12-11-41-9-10-43(18(2)15-41)24-14-22(27(35)31(36)39-24)38-25(45)17-42-16-21(26-33(42)40-23-7-6-8-44(23)34(26)48)19-13-20(32(37)47)28(46)30(50-4)29(19)49-3/h13-14,16,18,32,46-47H,5-12,15,17,37H2,1-4H3,(H,38,39,45)/t18-,32?/m0/s1. The van der Waals surface area contributed by atoms with Gasteiger partial charge in [0.05, 0.1) is 31.9 Å². The minimum atomic E-state index is -1.59. The number of hydrogen-bond donors (Lipinski definition) is 4. The van der Waals surface area contributed by atoms with E-state index in [0.717, 1.165) is 26.1 Å². The molecule has 0 saturated carbocycles. The van der Waals surface area contributed by atoms with Crippen LogP contribution in [0.15, 0.2) is 23.1 Å². The van der Waals surface area contributed by atoms with Crippen LogP contribution < -0.4 is 31.0 Å². The number of phenols is 1. The summed E-state index contributed by atoms with van der Waals surface area (Å²) in [5.41, 5.74) is 6.21. The molecule has 1 unspecified atom stereocenters. The molecule has 1 saturated heterocycles. The number of carbonyl (C=O) groups excluding carboxylic acids is 1. The minimum absolute atomic E-state index is 0.00466. The molecule has 1 fully saturated rings. The zero-order valence-electron chi connectivity index (χ0n) is 28.9. The van der Waals surface area contributed by atoms with Crippen LogP contribution in [0.5, 0.6) is 17.2 Å². The van der Waals surface area contributed by atoms with Crippen molar-refractivity contribution in [2.45, 2.75) is 52.0 Å². The summed E-state index contributed by atoms with van der Waals surface area (Å²) >= 11 is 6.33. The maximum absolute atomic E-state index is 15.1. The molecule has 1 aromatic carbocycles. The number of anilines is 2. The van der Waals surface area contributed by atoms with Gasteiger partial charge in [0.1, 0.15) is 35.1 Å². The van der Waals surface area contributed by atoms with Crippen LogP contribution in [0.1, 0.15) is 37.9 Å². The third-order valence-electron chi connectivity index (χ3n) is 9.35. The first-order valence-electron chi connectivity index (χ1n) is 16.7. The van der Waals surface area contributed by atoms with Crippen molar-refractivity contribution < 1.29 is 33.6 Å². The van der Waals surface area contributed by atoms with Gasteiger partial charge in [0, 0.05) is 80.7 Å². The third kappa shape index (κ3) is 6.93. The number of phenolic OH excluding ortho intramolecular Hbond substituents is 1. The summed E-state index contributed by atoms with van der Waals surface area (Å²) in [4.78, 5) is 40.8. The number of aliphatic hydroxyl groups is 1. The Morgan fingerprint density at radius 2 is 1.94 bits per heavy atom. The van der Waals surface area contributed by atoms with E-state index in [4.69, 9.17) is 36.5 Å². The molecule has 15 nitrogen and oxygen atoms in total. The van der Waals surface area contributed by atoms with Gasteiger partial charge in [-0.25, -0.2) is 9.97 Å². The first-order chi connectivity index (χ1) is 24.5. The highest BCUT2D eigenvalue weighted by atomic mass is 35.5. The van der Waals surface area contributed by atoms with Crippen LogP contribution in [0.25, 0.3) is 22.2 Å². The van der Waals surface area contributed by atoms with Crippen LogP contribution in [0, 0.1) is 5.95 Å². The number of nitrogens with two attached hydrogens (primary N) is 1. The van der Waals surface area contributed by atoms with E-state index in [-0.39, 0.29) is 62.5 Å². The van der Waals surface area contributed by atoms with Gasteiger partial charge in [-0.3, -0.25) is 19.1 Å². The largest absolute Gasteiger partial charge is 0.504 e. The summed E-state index contributed by atoms with van der Waals surface area (Å²) in [6.07, 6.45) is 1.27. The molecule has 0 spiro atoms. The van der Waals surface area contributed by atoms with E-state index in [0.29, 0.717) is 49.9 Å². The van der Waals surface area contributed by atoms with E-state index in [1.54, 1.807) is 16.8 Å². The number of aromatic hydroxyl groups is 1. The third-order valence-corrected chi connectivity index (χ3v) is 9.71. The van der Waals surface area contributed by atoms with E-state index in [1.807, 2.05) is 18.7 Å². The molecule has 17 heteroatoms. The van der Waals surface area contributed by atoms with Crippen molar-refractivity contribution in [3.8, 4) is 28.4 Å². The van der Waals surface area contributed by atoms with E-state index >= 15 is 4.39 Å². The second-order valence-corrected chi connectivity index (χ2v) is 12.9.